The first-order chi connectivity index (χ1) is 22.2. The third-order valence-corrected chi connectivity index (χ3v) is 7.85. The second kappa shape index (κ2) is 13.2. The van der Waals surface area contributed by atoms with Gasteiger partial charge in [0.25, 0.3) is 5.91 Å². The molecule has 2 aromatic heterocycles. The Balaban J connectivity index is 1.24. The van der Waals surface area contributed by atoms with Crippen LogP contribution in [0.1, 0.15) is 21.5 Å². The number of carbonyl (C=O) groups excluding carboxylic acids is 1. The number of aromatic nitrogens is 4. The summed E-state index contributed by atoms with van der Waals surface area (Å²) in [5, 5.41) is 7.52. The minimum Gasteiger partial charge on any atom is -0.383 e. The monoisotopic (exact) mass is 634 g/mol. The van der Waals surface area contributed by atoms with Crippen molar-refractivity contribution in [1.29, 1.82) is 0 Å². The third kappa shape index (κ3) is 6.85. The summed E-state index contributed by atoms with van der Waals surface area (Å²) in [6.45, 7) is 7.19. The average Bonchev–Trinajstić information content (AvgIpc) is 3.59. The van der Waals surface area contributed by atoms with Crippen molar-refractivity contribution in [3.05, 3.63) is 77.9 Å². The molecule has 0 aliphatic carbocycles. The third-order valence-electron chi connectivity index (χ3n) is 7.85. The smallest absolute Gasteiger partial charge is 0.383 e. The molecule has 4 aromatic rings. The number of anilines is 5. The van der Waals surface area contributed by atoms with Gasteiger partial charge in [-0.1, -0.05) is 12.1 Å². The second-order valence-corrected chi connectivity index (χ2v) is 10.9. The summed E-state index contributed by atoms with van der Waals surface area (Å²) in [6, 6.07) is 8.22. The molecular formula is C31H33F3N10O2. The van der Waals surface area contributed by atoms with Gasteiger partial charge in [-0.3, -0.25) is 14.7 Å². The van der Waals surface area contributed by atoms with Crippen molar-refractivity contribution in [2.45, 2.75) is 13.1 Å². The molecule has 46 heavy (non-hydrogen) atoms. The quantitative estimate of drug-likeness (QED) is 0.244. The number of ether oxygens (including phenoxy) is 1. The lowest BCUT2D eigenvalue weighted by atomic mass is 10.1. The molecule has 12 nitrogen and oxygen atoms in total. The van der Waals surface area contributed by atoms with E-state index in [9.17, 15) is 18.0 Å². The van der Waals surface area contributed by atoms with Crippen molar-refractivity contribution in [3.8, 4) is 0 Å². The van der Waals surface area contributed by atoms with Gasteiger partial charge in [-0.05, 0) is 42.8 Å². The van der Waals surface area contributed by atoms with Gasteiger partial charge in [0, 0.05) is 63.8 Å². The maximum atomic E-state index is 13.5. The van der Waals surface area contributed by atoms with Gasteiger partial charge in [0.1, 0.15) is 17.4 Å². The molecule has 2 aromatic carbocycles. The lowest BCUT2D eigenvalue weighted by Gasteiger charge is -2.34. The zero-order valence-corrected chi connectivity index (χ0v) is 25.3. The fourth-order valence-corrected chi connectivity index (χ4v) is 5.25. The highest BCUT2D eigenvalue weighted by Gasteiger charge is 2.32. The number of amides is 1. The standard InChI is InChI=1S/C31H33F3N10O2/c1-20-4-5-21(29(45)40-24-17-22(31(32,33)34)6-7-26(24)44-9-3-8-38-44)16-23(20)39-28-27-25(36-19-37-28)18-35-30(41-27)43-12-10-42(11-13-43)14-15-46-2/h3-7,9,16-19,38H,8,10-15H2,1-2H3,(H,40,45)(H,36,37,39). The highest BCUT2D eigenvalue weighted by Crippen LogP contribution is 2.36. The number of hydrogen-bond donors (Lipinski definition) is 3. The number of alkyl halides is 3. The Morgan fingerprint density at radius 1 is 1.04 bits per heavy atom. The van der Waals surface area contributed by atoms with Gasteiger partial charge < -0.3 is 20.3 Å². The molecule has 1 fully saturated rings. The molecule has 15 heteroatoms. The van der Waals surface area contributed by atoms with E-state index >= 15 is 0 Å². The number of methoxy groups -OCH3 is 1. The van der Waals surface area contributed by atoms with Gasteiger partial charge in [0.15, 0.2) is 5.82 Å². The molecule has 0 saturated carbocycles. The number of rotatable bonds is 9. The van der Waals surface area contributed by atoms with E-state index in [1.807, 2.05) is 13.0 Å². The zero-order chi connectivity index (χ0) is 32.3. The number of hydrazine groups is 1. The van der Waals surface area contributed by atoms with Gasteiger partial charge in [-0.2, -0.15) is 13.2 Å². The Morgan fingerprint density at radius 2 is 1.87 bits per heavy atom. The molecule has 240 valence electrons. The average molecular weight is 635 g/mol. The van der Waals surface area contributed by atoms with Gasteiger partial charge in [-0.25, -0.2) is 25.4 Å². The van der Waals surface area contributed by atoms with Gasteiger partial charge >= 0.3 is 6.18 Å². The minimum atomic E-state index is -4.57. The molecular weight excluding hydrogens is 601 g/mol. The zero-order valence-electron chi connectivity index (χ0n) is 25.3. The van der Waals surface area contributed by atoms with E-state index in [1.165, 1.54) is 12.4 Å². The van der Waals surface area contributed by atoms with Crippen LogP contribution in [0.25, 0.3) is 11.0 Å². The summed E-state index contributed by atoms with van der Waals surface area (Å²) in [5.74, 6) is 0.425. The SMILES string of the molecule is COCCN1CCN(c2ncc3ncnc(Nc4cc(C(=O)Nc5cc(C(F)(F)F)ccc5N5C=CCN5)ccc4C)c3n2)CC1. The van der Waals surface area contributed by atoms with Crippen LogP contribution in [0.3, 0.4) is 0 Å². The minimum absolute atomic E-state index is 0.0134. The lowest BCUT2D eigenvalue weighted by molar-refractivity contribution is -0.137. The molecule has 2 aliphatic heterocycles. The van der Waals surface area contributed by atoms with Crippen LogP contribution in [0, 0.1) is 6.92 Å². The topological polar surface area (TPSA) is 124 Å². The van der Waals surface area contributed by atoms with Crippen molar-refractivity contribution in [1.82, 2.24) is 30.3 Å². The molecule has 0 radical (unpaired) electrons. The highest BCUT2D eigenvalue weighted by molar-refractivity contribution is 6.07. The number of benzene rings is 2. The first-order valence-electron chi connectivity index (χ1n) is 14.7. The molecule has 2 aliphatic rings. The maximum absolute atomic E-state index is 13.5. The van der Waals surface area contributed by atoms with Crippen LogP contribution in [-0.4, -0.2) is 83.7 Å². The number of fused-ring (bicyclic) bond motifs is 1. The Kier molecular flexibility index (Phi) is 8.96. The van der Waals surface area contributed by atoms with E-state index in [1.54, 1.807) is 42.7 Å². The number of piperazine rings is 1. The predicted octanol–water partition coefficient (Wildman–Crippen LogP) is 4.35. The van der Waals surface area contributed by atoms with E-state index in [4.69, 9.17) is 9.72 Å². The maximum Gasteiger partial charge on any atom is 0.416 e. The van der Waals surface area contributed by atoms with Crippen LogP contribution in [0.15, 0.2) is 61.2 Å². The number of halogens is 3. The van der Waals surface area contributed by atoms with Crippen molar-refractivity contribution in [2.75, 3.05) is 73.5 Å². The summed E-state index contributed by atoms with van der Waals surface area (Å²) in [5.41, 5.74) is 5.24. The fraction of sp³-hybridized carbons (Fsp3) is 0.323. The second-order valence-electron chi connectivity index (χ2n) is 10.9. The van der Waals surface area contributed by atoms with E-state index in [0.717, 1.165) is 50.4 Å². The van der Waals surface area contributed by atoms with Gasteiger partial charge in [0.2, 0.25) is 5.95 Å². The normalized spacial score (nSPS) is 15.5. The van der Waals surface area contributed by atoms with E-state index in [-0.39, 0.29) is 11.3 Å². The van der Waals surface area contributed by atoms with Crippen LogP contribution in [-0.2, 0) is 10.9 Å². The molecule has 0 bridgehead atoms. The van der Waals surface area contributed by atoms with Crippen LogP contribution < -0.4 is 26.0 Å². The first-order valence-corrected chi connectivity index (χ1v) is 14.7. The lowest BCUT2D eigenvalue weighted by Crippen LogP contribution is -2.47. The van der Waals surface area contributed by atoms with Crippen LogP contribution in [0.5, 0.6) is 0 Å². The van der Waals surface area contributed by atoms with E-state index in [2.05, 4.69) is 40.8 Å². The predicted molar refractivity (Wildman–Crippen MR) is 169 cm³/mol. The van der Waals surface area contributed by atoms with Crippen LogP contribution in [0.4, 0.5) is 42.0 Å². The summed E-state index contributed by atoms with van der Waals surface area (Å²) < 4.78 is 45.8. The van der Waals surface area contributed by atoms with E-state index < -0.39 is 17.6 Å². The van der Waals surface area contributed by atoms with Crippen molar-refractivity contribution >= 4 is 45.8 Å². The molecule has 3 N–H and O–H groups in total. The fourth-order valence-electron chi connectivity index (χ4n) is 5.25. The highest BCUT2D eigenvalue weighted by atomic mass is 19.4. The van der Waals surface area contributed by atoms with Gasteiger partial charge in [-0.15, -0.1) is 0 Å². The molecule has 0 spiro atoms. The number of hydrogen-bond acceptors (Lipinski definition) is 11. The molecule has 1 amide bonds. The van der Waals surface area contributed by atoms with Crippen LogP contribution in [0.2, 0.25) is 0 Å². The Hall–Kier alpha value is -4.86. The number of carbonyl (C=O) groups is 1. The van der Waals surface area contributed by atoms with Gasteiger partial charge in [0.05, 0.1) is 29.7 Å². The Morgan fingerprint density at radius 3 is 2.61 bits per heavy atom. The Labute approximate surface area is 263 Å². The number of nitrogens with zero attached hydrogens (tertiary/aromatic N) is 7. The molecule has 0 unspecified atom stereocenters. The summed E-state index contributed by atoms with van der Waals surface area (Å²) in [4.78, 5) is 36.0. The number of nitrogens with one attached hydrogen (secondary N) is 3. The van der Waals surface area contributed by atoms with Crippen LogP contribution >= 0.6 is 0 Å². The molecule has 4 heterocycles. The molecule has 0 atom stereocenters. The van der Waals surface area contributed by atoms with Crippen molar-refractivity contribution in [2.24, 2.45) is 0 Å². The number of aryl methyl sites for hydroxylation is 1. The first kappa shape index (κ1) is 31.1. The molecule has 1 saturated heterocycles. The Bertz CT molecular complexity index is 1760. The van der Waals surface area contributed by atoms with Crippen molar-refractivity contribution < 1.29 is 22.7 Å². The molecule has 6 rings (SSSR count). The van der Waals surface area contributed by atoms with E-state index in [0.29, 0.717) is 47.3 Å². The largest absolute Gasteiger partial charge is 0.416 e. The summed E-state index contributed by atoms with van der Waals surface area (Å²) in [6.07, 6.45) is 2.00. The van der Waals surface area contributed by atoms with Crippen molar-refractivity contribution in [3.63, 3.8) is 0 Å². The summed E-state index contributed by atoms with van der Waals surface area (Å²) >= 11 is 0. The summed E-state index contributed by atoms with van der Waals surface area (Å²) in [7, 11) is 1.70.